The van der Waals surface area contributed by atoms with Gasteiger partial charge < -0.3 is 4.57 Å². The summed E-state index contributed by atoms with van der Waals surface area (Å²) in [6.45, 7) is 1.80. The van der Waals surface area contributed by atoms with Gasteiger partial charge in [0.05, 0.1) is 0 Å². The van der Waals surface area contributed by atoms with Gasteiger partial charge in [-0.05, 0) is 18.7 Å². The molecule has 0 radical (unpaired) electrons. The first-order chi connectivity index (χ1) is 7.15. The van der Waals surface area contributed by atoms with Crippen LogP contribution in [0.25, 0.3) is 0 Å². The molecule has 7 heteroatoms. The maximum Gasteiger partial charge on any atom is 0.197 e. The van der Waals surface area contributed by atoms with Gasteiger partial charge in [-0.25, -0.2) is 9.97 Å². The van der Waals surface area contributed by atoms with E-state index in [1.54, 1.807) is 19.3 Å². The molecule has 0 unspecified atom stereocenters. The number of hydrogen-bond donors (Lipinski definition) is 0. The minimum absolute atomic E-state index is 0.437. The van der Waals surface area contributed by atoms with E-state index in [4.69, 9.17) is 11.6 Å². The fourth-order valence-corrected chi connectivity index (χ4v) is 2.12. The van der Waals surface area contributed by atoms with Crippen LogP contribution in [0.15, 0.2) is 22.6 Å². The first kappa shape index (κ1) is 10.4. The molecule has 0 N–H and O–H groups in total. The number of rotatable bonds is 2. The van der Waals surface area contributed by atoms with Crippen LogP contribution in [0.1, 0.15) is 5.82 Å². The fourth-order valence-electron chi connectivity index (χ4n) is 1.02. The van der Waals surface area contributed by atoms with E-state index < -0.39 is 0 Å². The summed E-state index contributed by atoms with van der Waals surface area (Å²) in [6, 6.07) is 1.70. The minimum atomic E-state index is 0.437. The molecular formula is C8H8ClN5S. The SMILES string of the molecule is Cc1nc(Cl)cc(Sc2nncn2C)n1. The Bertz CT molecular complexity index is 463. The molecular weight excluding hydrogens is 234 g/mol. The lowest BCUT2D eigenvalue weighted by atomic mass is 10.6. The van der Waals surface area contributed by atoms with Crippen molar-refractivity contribution in [2.24, 2.45) is 7.05 Å². The smallest absolute Gasteiger partial charge is 0.197 e. The van der Waals surface area contributed by atoms with Gasteiger partial charge >= 0.3 is 0 Å². The van der Waals surface area contributed by atoms with Crippen LogP contribution in [0.4, 0.5) is 0 Å². The van der Waals surface area contributed by atoms with Crippen LogP contribution in [0.5, 0.6) is 0 Å². The van der Waals surface area contributed by atoms with Gasteiger partial charge in [0, 0.05) is 13.1 Å². The third-order valence-electron chi connectivity index (χ3n) is 1.65. The normalized spacial score (nSPS) is 10.6. The maximum absolute atomic E-state index is 5.82. The number of aryl methyl sites for hydroxylation is 2. The highest BCUT2D eigenvalue weighted by atomic mass is 35.5. The standard InChI is InChI=1S/C8H8ClN5S/c1-5-11-6(9)3-7(12-5)15-8-13-10-4-14(8)2/h3-4H,1-2H3. The molecule has 2 heterocycles. The van der Waals surface area contributed by atoms with Gasteiger partial charge in [-0.15, -0.1) is 10.2 Å². The maximum atomic E-state index is 5.82. The lowest BCUT2D eigenvalue weighted by Crippen LogP contribution is -1.93. The van der Waals surface area contributed by atoms with E-state index in [9.17, 15) is 0 Å². The highest BCUT2D eigenvalue weighted by molar-refractivity contribution is 7.99. The van der Waals surface area contributed by atoms with Crippen molar-refractivity contribution in [3.05, 3.63) is 23.4 Å². The zero-order valence-electron chi connectivity index (χ0n) is 8.18. The molecule has 5 nitrogen and oxygen atoms in total. The molecule has 2 aromatic rings. The second kappa shape index (κ2) is 4.16. The van der Waals surface area contributed by atoms with Crippen molar-refractivity contribution >= 4 is 23.4 Å². The molecule has 2 rings (SSSR count). The van der Waals surface area contributed by atoms with Gasteiger partial charge in [-0.2, -0.15) is 0 Å². The Morgan fingerprint density at radius 3 is 2.80 bits per heavy atom. The first-order valence-electron chi connectivity index (χ1n) is 4.18. The molecule has 0 bridgehead atoms. The minimum Gasteiger partial charge on any atom is -0.311 e. The highest BCUT2D eigenvalue weighted by Crippen LogP contribution is 2.24. The van der Waals surface area contributed by atoms with Gasteiger partial charge in [-0.3, -0.25) is 0 Å². The summed E-state index contributed by atoms with van der Waals surface area (Å²) in [4.78, 5) is 8.22. The van der Waals surface area contributed by atoms with Crippen LogP contribution in [0, 0.1) is 6.92 Å². The third-order valence-corrected chi connectivity index (χ3v) is 2.81. The van der Waals surface area contributed by atoms with Crippen LogP contribution in [-0.4, -0.2) is 24.7 Å². The van der Waals surface area contributed by atoms with E-state index >= 15 is 0 Å². The van der Waals surface area contributed by atoms with E-state index in [0.29, 0.717) is 11.0 Å². The Labute approximate surface area is 95.9 Å². The lowest BCUT2D eigenvalue weighted by Gasteiger charge is -2.01. The summed E-state index contributed by atoms with van der Waals surface area (Å²) in [5, 5.41) is 9.69. The van der Waals surface area contributed by atoms with Crippen molar-refractivity contribution in [2.45, 2.75) is 17.1 Å². The van der Waals surface area contributed by atoms with Crippen molar-refractivity contribution in [3.63, 3.8) is 0 Å². The van der Waals surface area contributed by atoms with Crippen molar-refractivity contribution in [1.82, 2.24) is 24.7 Å². The molecule has 0 atom stereocenters. The molecule has 0 aliphatic rings. The van der Waals surface area contributed by atoms with E-state index in [1.165, 1.54) is 11.8 Å². The second-order valence-corrected chi connectivity index (χ2v) is 4.28. The third kappa shape index (κ3) is 2.45. The fraction of sp³-hybridized carbons (Fsp3) is 0.250. The largest absolute Gasteiger partial charge is 0.311 e. The zero-order valence-corrected chi connectivity index (χ0v) is 9.75. The quantitative estimate of drug-likeness (QED) is 0.750. The monoisotopic (exact) mass is 241 g/mol. The van der Waals surface area contributed by atoms with E-state index in [1.807, 2.05) is 11.6 Å². The Morgan fingerprint density at radius 2 is 2.20 bits per heavy atom. The summed E-state index contributed by atoms with van der Waals surface area (Å²) in [7, 11) is 1.87. The molecule has 0 aliphatic carbocycles. The van der Waals surface area contributed by atoms with Crippen LogP contribution in [0.2, 0.25) is 5.15 Å². The van der Waals surface area contributed by atoms with E-state index in [-0.39, 0.29) is 0 Å². The van der Waals surface area contributed by atoms with Gasteiger partial charge in [0.2, 0.25) is 0 Å². The number of halogens is 1. The average Bonchev–Trinajstić information content (AvgIpc) is 2.50. The first-order valence-corrected chi connectivity index (χ1v) is 5.37. The van der Waals surface area contributed by atoms with E-state index in [2.05, 4.69) is 20.2 Å². The van der Waals surface area contributed by atoms with Crippen LogP contribution in [-0.2, 0) is 7.05 Å². The van der Waals surface area contributed by atoms with Crippen molar-refractivity contribution in [1.29, 1.82) is 0 Å². The van der Waals surface area contributed by atoms with Gasteiger partial charge in [0.1, 0.15) is 22.3 Å². The average molecular weight is 242 g/mol. The molecule has 15 heavy (non-hydrogen) atoms. The van der Waals surface area contributed by atoms with Gasteiger partial charge in [-0.1, -0.05) is 11.6 Å². The van der Waals surface area contributed by atoms with Gasteiger partial charge in [0.15, 0.2) is 5.16 Å². The summed E-state index contributed by atoms with van der Waals surface area (Å²) < 4.78 is 1.82. The number of aromatic nitrogens is 5. The predicted octanol–water partition coefficient (Wildman–Crippen LogP) is 1.72. The van der Waals surface area contributed by atoms with Crippen LogP contribution < -0.4 is 0 Å². The Balaban J connectivity index is 2.28. The zero-order chi connectivity index (χ0) is 10.8. The molecule has 0 spiro atoms. The Hall–Kier alpha value is -1.14. The summed E-state index contributed by atoms with van der Waals surface area (Å²) in [5.74, 6) is 0.646. The molecule has 0 aliphatic heterocycles. The second-order valence-electron chi connectivity index (χ2n) is 2.90. The van der Waals surface area contributed by atoms with Crippen molar-refractivity contribution < 1.29 is 0 Å². The predicted molar refractivity (Wildman–Crippen MR) is 56.9 cm³/mol. The van der Waals surface area contributed by atoms with Crippen molar-refractivity contribution in [2.75, 3.05) is 0 Å². The molecule has 0 saturated carbocycles. The van der Waals surface area contributed by atoms with E-state index in [0.717, 1.165) is 10.2 Å². The molecule has 0 aromatic carbocycles. The molecule has 2 aromatic heterocycles. The van der Waals surface area contributed by atoms with Gasteiger partial charge in [0.25, 0.3) is 0 Å². The Morgan fingerprint density at radius 1 is 1.40 bits per heavy atom. The Kier molecular flexibility index (Phi) is 2.88. The van der Waals surface area contributed by atoms with Crippen molar-refractivity contribution in [3.8, 4) is 0 Å². The topological polar surface area (TPSA) is 56.5 Å². The molecule has 78 valence electrons. The highest BCUT2D eigenvalue weighted by Gasteiger charge is 2.06. The summed E-state index contributed by atoms with van der Waals surface area (Å²) in [6.07, 6.45) is 1.64. The number of hydrogen-bond acceptors (Lipinski definition) is 5. The van der Waals surface area contributed by atoms with Crippen LogP contribution in [0.3, 0.4) is 0 Å². The molecule has 0 saturated heterocycles. The molecule has 0 amide bonds. The summed E-state index contributed by atoms with van der Waals surface area (Å²) >= 11 is 7.23. The molecule has 0 fully saturated rings. The summed E-state index contributed by atoms with van der Waals surface area (Å²) in [5.41, 5.74) is 0. The lowest BCUT2D eigenvalue weighted by molar-refractivity contribution is 0.786. The van der Waals surface area contributed by atoms with Crippen LogP contribution >= 0.6 is 23.4 Å². The number of nitrogens with zero attached hydrogens (tertiary/aromatic N) is 5.